The highest BCUT2D eigenvalue weighted by molar-refractivity contribution is 5.94. The molecule has 1 aromatic heterocycles. The van der Waals surface area contributed by atoms with Crippen LogP contribution in [0.15, 0.2) is 48.5 Å². The number of aromatic nitrogens is 2. The summed E-state index contributed by atoms with van der Waals surface area (Å²) in [5.74, 6) is -0.203. The van der Waals surface area contributed by atoms with Crippen molar-refractivity contribution in [3.63, 3.8) is 0 Å². The lowest BCUT2D eigenvalue weighted by Crippen LogP contribution is -2.20. The largest absolute Gasteiger partial charge is 0.368 e. The zero-order chi connectivity index (χ0) is 14.8. The first-order valence-electron chi connectivity index (χ1n) is 6.53. The van der Waals surface area contributed by atoms with E-state index < -0.39 is 0 Å². The smallest absolute Gasteiger partial charge is 0.269 e. The van der Waals surface area contributed by atoms with Crippen LogP contribution in [0.5, 0.6) is 0 Å². The molecule has 104 valence electrons. The van der Waals surface area contributed by atoms with E-state index in [1.54, 1.807) is 13.1 Å². The Balaban J connectivity index is 2.13. The highest BCUT2D eigenvalue weighted by atomic mass is 16.1. The number of carbonyl (C=O) groups is 1. The molecule has 1 amide bonds. The van der Waals surface area contributed by atoms with Gasteiger partial charge < -0.3 is 11.1 Å². The predicted octanol–water partition coefficient (Wildman–Crippen LogP) is 2.24. The van der Waals surface area contributed by atoms with Crippen LogP contribution in [0.25, 0.3) is 22.0 Å². The van der Waals surface area contributed by atoms with Gasteiger partial charge in [-0.2, -0.15) is 0 Å². The Bertz CT molecular complexity index is 829. The van der Waals surface area contributed by atoms with Crippen molar-refractivity contribution in [1.82, 2.24) is 15.3 Å². The van der Waals surface area contributed by atoms with E-state index >= 15 is 0 Å². The number of hydrogen-bond acceptors (Lipinski definition) is 4. The summed E-state index contributed by atoms with van der Waals surface area (Å²) in [5, 5.41) is 4.79. The first-order chi connectivity index (χ1) is 10.2. The number of hydrogen-bond donors (Lipinski definition) is 2. The molecule has 5 heteroatoms. The molecule has 0 spiro atoms. The van der Waals surface area contributed by atoms with Crippen LogP contribution in [-0.4, -0.2) is 22.9 Å². The van der Waals surface area contributed by atoms with Gasteiger partial charge in [-0.25, -0.2) is 9.97 Å². The minimum atomic E-state index is -0.286. The van der Waals surface area contributed by atoms with Crippen molar-refractivity contribution in [3.8, 4) is 11.3 Å². The van der Waals surface area contributed by atoms with E-state index in [2.05, 4.69) is 15.3 Å². The van der Waals surface area contributed by atoms with Crippen molar-refractivity contribution in [2.45, 2.75) is 0 Å². The molecule has 0 aliphatic rings. The van der Waals surface area contributed by atoms with Gasteiger partial charge in [0.1, 0.15) is 5.69 Å². The molecule has 0 aliphatic heterocycles. The monoisotopic (exact) mass is 278 g/mol. The second kappa shape index (κ2) is 5.20. The number of fused-ring (bicyclic) bond motifs is 1. The molecule has 3 rings (SSSR count). The summed E-state index contributed by atoms with van der Waals surface area (Å²) in [6.07, 6.45) is 0. The van der Waals surface area contributed by atoms with Crippen molar-refractivity contribution >= 4 is 22.6 Å². The Morgan fingerprint density at radius 2 is 1.81 bits per heavy atom. The Labute approximate surface area is 121 Å². The van der Waals surface area contributed by atoms with Crippen molar-refractivity contribution in [2.24, 2.45) is 0 Å². The van der Waals surface area contributed by atoms with Crippen LogP contribution in [0.4, 0.5) is 5.95 Å². The lowest BCUT2D eigenvalue weighted by Gasteiger charge is -2.06. The normalized spacial score (nSPS) is 10.5. The van der Waals surface area contributed by atoms with Crippen molar-refractivity contribution < 1.29 is 4.79 Å². The molecule has 21 heavy (non-hydrogen) atoms. The molecule has 2 aromatic carbocycles. The maximum Gasteiger partial charge on any atom is 0.269 e. The van der Waals surface area contributed by atoms with Gasteiger partial charge in [0.05, 0.1) is 5.69 Å². The van der Waals surface area contributed by atoms with E-state index in [1.165, 1.54) is 0 Å². The van der Waals surface area contributed by atoms with Gasteiger partial charge in [0.15, 0.2) is 0 Å². The van der Waals surface area contributed by atoms with Gasteiger partial charge in [-0.05, 0) is 22.9 Å². The van der Waals surface area contributed by atoms with Gasteiger partial charge in [-0.3, -0.25) is 4.79 Å². The maximum absolute atomic E-state index is 11.7. The van der Waals surface area contributed by atoms with Crippen LogP contribution in [0.3, 0.4) is 0 Å². The maximum atomic E-state index is 11.7. The van der Waals surface area contributed by atoms with Crippen molar-refractivity contribution in [3.05, 3.63) is 54.2 Å². The summed E-state index contributed by atoms with van der Waals surface area (Å²) < 4.78 is 0. The standard InChI is InChI=1S/C16H14N4O/c1-18-15(21)14-9-13(19-16(17)20-14)12-7-6-10-4-2-3-5-11(10)8-12/h2-9H,1H3,(H,18,21)(H2,17,19,20). The van der Waals surface area contributed by atoms with E-state index in [4.69, 9.17) is 5.73 Å². The quantitative estimate of drug-likeness (QED) is 0.753. The van der Waals surface area contributed by atoms with Crippen molar-refractivity contribution in [1.29, 1.82) is 0 Å². The summed E-state index contributed by atoms with van der Waals surface area (Å²) in [6, 6.07) is 15.7. The fourth-order valence-corrected chi connectivity index (χ4v) is 2.21. The number of amides is 1. The molecule has 0 fully saturated rings. The molecule has 0 saturated heterocycles. The molecule has 0 atom stereocenters. The van der Waals surface area contributed by atoms with Crippen LogP contribution in [-0.2, 0) is 0 Å². The lowest BCUT2D eigenvalue weighted by molar-refractivity contribution is 0.0958. The topological polar surface area (TPSA) is 80.9 Å². The van der Waals surface area contributed by atoms with Crippen LogP contribution in [0.2, 0.25) is 0 Å². The lowest BCUT2D eigenvalue weighted by atomic mass is 10.0. The Kier molecular flexibility index (Phi) is 3.23. The van der Waals surface area contributed by atoms with Gasteiger partial charge >= 0.3 is 0 Å². The molecule has 0 aliphatic carbocycles. The number of rotatable bonds is 2. The minimum Gasteiger partial charge on any atom is -0.368 e. The zero-order valence-electron chi connectivity index (χ0n) is 11.5. The number of nitrogen functional groups attached to an aromatic ring is 1. The number of anilines is 1. The van der Waals surface area contributed by atoms with Gasteiger partial charge in [0, 0.05) is 12.6 Å². The molecule has 0 bridgehead atoms. The SMILES string of the molecule is CNC(=O)c1cc(-c2ccc3ccccc3c2)nc(N)n1. The summed E-state index contributed by atoms with van der Waals surface area (Å²) in [5.41, 5.74) is 7.48. The van der Waals surface area contributed by atoms with Crippen LogP contribution >= 0.6 is 0 Å². The minimum absolute atomic E-state index is 0.0826. The van der Waals surface area contributed by atoms with Crippen molar-refractivity contribution in [2.75, 3.05) is 12.8 Å². The predicted molar refractivity (Wildman–Crippen MR) is 82.8 cm³/mol. The summed E-state index contributed by atoms with van der Waals surface area (Å²) in [6.45, 7) is 0. The van der Waals surface area contributed by atoms with E-state index in [1.807, 2.05) is 42.5 Å². The number of carbonyl (C=O) groups excluding carboxylic acids is 1. The van der Waals surface area contributed by atoms with Gasteiger partial charge in [-0.1, -0.05) is 36.4 Å². The molecule has 3 aromatic rings. The van der Waals surface area contributed by atoms with Crippen LogP contribution in [0.1, 0.15) is 10.5 Å². The van der Waals surface area contributed by atoms with Gasteiger partial charge in [-0.15, -0.1) is 0 Å². The molecule has 5 nitrogen and oxygen atoms in total. The fraction of sp³-hybridized carbons (Fsp3) is 0.0625. The van der Waals surface area contributed by atoms with E-state index in [0.29, 0.717) is 5.69 Å². The third-order valence-electron chi connectivity index (χ3n) is 3.25. The summed E-state index contributed by atoms with van der Waals surface area (Å²) in [7, 11) is 1.55. The molecular weight excluding hydrogens is 264 g/mol. The first-order valence-corrected chi connectivity index (χ1v) is 6.53. The average molecular weight is 278 g/mol. The molecule has 3 N–H and O–H groups in total. The number of benzene rings is 2. The molecular formula is C16H14N4O. The second-order valence-corrected chi connectivity index (χ2v) is 4.64. The zero-order valence-corrected chi connectivity index (χ0v) is 11.5. The van der Waals surface area contributed by atoms with Gasteiger partial charge in [0.25, 0.3) is 5.91 Å². The first kappa shape index (κ1) is 13.1. The Morgan fingerprint density at radius 1 is 1.05 bits per heavy atom. The van der Waals surface area contributed by atoms with E-state index in [0.717, 1.165) is 16.3 Å². The fourth-order valence-electron chi connectivity index (χ4n) is 2.21. The third-order valence-corrected chi connectivity index (χ3v) is 3.25. The number of nitrogens with one attached hydrogen (secondary N) is 1. The third kappa shape index (κ3) is 2.53. The second-order valence-electron chi connectivity index (χ2n) is 4.64. The Hall–Kier alpha value is -2.95. The highest BCUT2D eigenvalue weighted by Crippen LogP contribution is 2.23. The van der Waals surface area contributed by atoms with E-state index in [9.17, 15) is 4.79 Å². The van der Waals surface area contributed by atoms with E-state index in [-0.39, 0.29) is 17.5 Å². The van der Waals surface area contributed by atoms with Crippen LogP contribution in [0, 0.1) is 0 Å². The average Bonchev–Trinajstić information content (AvgIpc) is 2.53. The molecule has 0 unspecified atom stereocenters. The molecule has 0 radical (unpaired) electrons. The van der Waals surface area contributed by atoms with Gasteiger partial charge in [0.2, 0.25) is 5.95 Å². The summed E-state index contributed by atoms with van der Waals surface area (Å²) in [4.78, 5) is 19.9. The number of nitrogens with zero attached hydrogens (tertiary/aromatic N) is 2. The molecule has 1 heterocycles. The van der Waals surface area contributed by atoms with Crippen LogP contribution < -0.4 is 11.1 Å². The number of nitrogens with two attached hydrogens (primary N) is 1. The summed E-state index contributed by atoms with van der Waals surface area (Å²) >= 11 is 0. The Morgan fingerprint density at radius 3 is 2.57 bits per heavy atom. The molecule has 0 saturated carbocycles. The highest BCUT2D eigenvalue weighted by Gasteiger charge is 2.10.